The normalized spacial score (nSPS) is 12.9. The van der Waals surface area contributed by atoms with Gasteiger partial charge in [0.1, 0.15) is 0 Å². The molecule has 0 N–H and O–H groups in total. The van der Waals surface area contributed by atoms with E-state index >= 15 is 0 Å². The van der Waals surface area contributed by atoms with E-state index < -0.39 is 16.2 Å². The monoisotopic (exact) mass is 300 g/mol. The average Bonchev–Trinajstić information content (AvgIpc) is 2.35. The number of rotatable bonds is 11. The summed E-state index contributed by atoms with van der Waals surface area (Å²) in [6.45, 7) is 7.98. The Hall–Kier alpha value is 0.257. The molecule has 0 amide bonds. The quantitative estimate of drug-likeness (QED) is 0.243. The van der Waals surface area contributed by atoms with Crippen molar-refractivity contribution in [3.8, 4) is 0 Å². The molecule has 4 nitrogen and oxygen atoms in total. The van der Waals surface area contributed by atoms with E-state index in [1.165, 1.54) is 0 Å². The molecule has 7 heteroatoms. The Morgan fingerprint density at radius 3 is 1.89 bits per heavy atom. The Morgan fingerprint density at radius 2 is 1.50 bits per heavy atom. The van der Waals surface area contributed by atoms with Gasteiger partial charge in [-0.25, -0.2) is 4.57 Å². The van der Waals surface area contributed by atoms with E-state index in [4.69, 9.17) is 13.6 Å². The second kappa shape index (κ2) is 9.21. The Morgan fingerprint density at radius 1 is 1.00 bits per heavy atom. The van der Waals surface area contributed by atoms with Crippen LogP contribution in [-0.2, 0) is 18.1 Å². The van der Waals surface area contributed by atoms with E-state index in [9.17, 15) is 8.67 Å². The van der Waals surface area contributed by atoms with Crippen LogP contribution >= 0.6 is 7.82 Å². The lowest BCUT2D eigenvalue weighted by Crippen LogP contribution is -2.26. The van der Waals surface area contributed by atoms with Crippen molar-refractivity contribution in [2.24, 2.45) is 0 Å². The molecule has 0 aliphatic heterocycles. The molecule has 0 aromatic rings. The molecular weight excluding hydrogens is 274 g/mol. The van der Waals surface area contributed by atoms with E-state index in [0.29, 0.717) is 24.6 Å². The molecule has 0 bridgehead atoms. The van der Waals surface area contributed by atoms with Crippen molar-refractivity contribution >= 4 is 16.2 Å². The number of hydrogen-bond donors (Lipinski definition) is 0. The average molecular weight is 300 g/mol. The van der Waals surface area contributed by atoms with Crippen molar-refractivity contribution in [3.63, 3.8) is 0 Å². The largest absolute Gasteiger partial charge is 0.474 e. The number of phosphoric acid groups is 1. The van der Waals surface area contributed by atoms with E-state index in [-0.39, 0.29) is 19.8 Å². The highest BCUT2D eigenvalue weighted by molar-refractivity contribution is 7.48. The summed E-state index contributed by atoms with van der Waals surface area (Å²) >= 11 is 0. The summed E-state index contributed by atoms with van der Waals surface area (Å²) < 4.78 is 41.2. The highest BCUT2D eigenvalue weighted by atomic mass is 31.2. The lowest BCUT2D eigenvalue weighted by Gasteiger charge is -2.20. The second-order valence-corrected chi connectivity index (χ2v) is 9.96. The molecule has 0 aliphatic rings. The summed E-state index contributed by atoms with van der Waals surface area (Å²) in [4.78, 5) is 0. The fourth-order valence-electron chi connectivity index (χ4n) is 1.60. The minimum atomic E-state index is -3.43. The Balaban J connectivity index is 4.04. The van der Waals surface area contributed by atoms with Crippen LogP contribution in [0.25, 0.3) is 0 Å². The fourth-order valence-corrected chi connectivity index (χ4v) is 4.79. The van der Waals surface area contributed by atoms with Gasteiger partial charge >= 0.3 is 7.82 Å². The maximum atomic E-state index is 14.1. The van der Waals surface area contributed by atoms with Gasteiger partial charge in [-0.2, -0.15) is 0 Å². The molecule has 18 heavy (non-hydrogen) atoms. The first-order chi connectivity index (χ1) is 8.45. The van der Waals surface area contributed by atoms with Crippen molar-refractivity contribution in [2.45, 2.75) is 52.2 Å². The molecule has 0 saturated heterocycles. The second-order valence-electron chi connectivity index (χ2n) is 4.08. The van der Waals surface area contributed by atoms with E-state index in [0.717, 1.165) is 0 Å². The van der Waals surface area contributed by atoms with Crippen molar-refractivity contribution in [2.75, 3.05) is 19.8 Å². The third kappa shape index (κ3) is 7.00. The summed E-state index contributed by atoms with van der Waals surface area (Å²) in [7, 11) is -6.01. The highest BCUT2D eigenvalue weighted by Gasteiger charge is 2.30. The third-order valence-corrected chi connectivity index (χ3v) is 8.29. The zero-order valence-electron chi connectivity index (χ0n) is 11.9. The van der Waals surface area contributed by atoms with Crippen LogP contribution in [0.2, 0.25) is 18.1 Å². The molecule has 0 aromatic carbocycles. The van der Waals surface area contributed by atoms with E-state index in [1.54, 1.807) is 13.8 Å². The molecule has 110 valence electrons. The first-order valence-electron chi connectivity index (χ1n) is 6.67. The molecule has 0 unspecified atom stereocenters. The molecule has 0 aromatic heterocycles. The fraction of sp³-hybridized carbons (Fsp3) is 1.00. The Kier molecular flexibility index (Phi) is 9.34. The number of hydrogen-bond acceptors (Lipinski definition) is 4. The third-order valence-electron chi connectivity index (χ3n) is 2.86. The van der Waals surface area contributed by atoms with Gasteiger partial charge in [0, 0.05) is 0 Å². The smallest absolute Gasteiger partial charge is 0.314 e. The van der Waals surface area contributed by atoms with Gasteiger partial charge < -0.3 is 4.11 Å². The van der Waals surface area contributed by atoms with Gasteiger partial charge in [0.25, 0.3) is 0 Å². The summed E-state index contributed by atoms with van der Waals surface area (Å²) in [5, 5.41) is 0. The Bertz CT molecular complexity index is 251. The number of halogens is 1. The predicted octanol–water partition coefficient (Wildman–Crippen LogP) is 4.53. The zero-order valence-corrected chi connectivity index (χ0v) is 13.8. The highest BCUT2D eigenvalue weighted by Crippen LogP contribution is 2.49. The summed E-state index contributed by atoms with van der Waals surface area (Å²) in [5.74, 6) is 0. The van der Waals surface area contributed by atoms with Gasteiger partial charge in [-0.05, 0) is 38.4 Å². The molecule has 0 radical (unpaired) electrons. The molecular formula is C11H26FO4PSi. The minimum Gasteiger partial charge on any atom is -0.314 e. The molecule has 0 rings (SSSR count). The lowest BCUT2D eigenvalue weighted by atomic mass is 10.5. The lowest BCUT2D eigenvalue weighted by molar-refractivity contribution is 0.121. The Labute approximate surface area is 111 Å². The van der Waals surface area contributed by atoms with Gasteiger partial charge in [0.2, 0.25) is 8.41 Å². The van der Waals surface area contributed by atoms with Crippen molar-refractivity contribution < 1.29 is 22.2 Å². The van der Waals surface area contributed by atoms with Crippen molar-refractivity contribution in [1.82, 2.24) is 0 Å². The van der Waals surface area contributed by atoms with Crippen LogP contribution in [0.5, 0.6) is 0 Å². The van der Waals surface area contributed by atoms with Crippen molar-refractivity contribution in [3.05, 3.63) is 0 Å². The summed E-state index contributed by atoms with van der Waals surface area (Å²) in [6, 6.07) is 1.79. The van der Waals surface area contributed by atoms with E-state index in [1.807, 2.05) is 13.8 Å². The van der Waals surface area contributed by atoms with Gasteiger partial charge in [0.05, 0.1) is 19.8 Å². The van der Waals surface area contributed by atoms with Crippen LogP contribution in [0.4, 0.5) is 4.11 Å². The van der Waals surface area contributed by atoms with Crippen LogP contribution in [0.3, 0.4) is 0 Å². The van der Waals surface area contributed by atoms with Crippen LogP contribution in [0.15, 0.2) is 0 Å². The van der Waals surface area contributed by atoms with Gasteiger partial charge in [-0.15, -0.1) is 0 Å². The standard InChI is InChI=1S/C11H26FO4PSi/c1-5-14-17(13,15-6-2)16-10-9-11-18(12,7-3)8-4/h5-11H2,1-4H3. The summed E-state index contributed by atoms with van der Waals surface area (Å²) in [5.41, 5.74) is 0. The van der Waals surface area contributed by atoms with Crippen LogP contribution in [0.1, 0.15) is 34.1 Å². The van der Waals surface area contributed by atoms with E-state index in [2.05, 4.69) is 0 Å². The summed E-state index contributed by atoms with van der Waals surface area (Å²) in [6.07, 6.45) is 0.564. The molecule has 0 heterocycles. The SMILES string of the molecule is CCOP(=O)(OCC)OCCC[Si](F)(CC)CC. The molecule has 0 fully saturated rings. The maximum Gasteiger partial charge on any atom is 0.474 e. The molecule has 0 atom stereocenters. The van der Waals surface area contributed by atoms with Gasteiger partial charge in [-0.3, -0.25) is 13.6 Å². The van der Waals surface area contributed by atoms with Crippen LogP contribution in [0, 0.1) is 0 Å². The van der Waals surface area contributed by atoms with Gasteiger partial charge in [-0.1, -0.05) is 13.8 Å². The molecule has 0 aliphatic carbocycles. The number of phosphoric ester groups is 1. The predicted molar refractivity (Wildman–Crippen MR) is 74.1 cm³/mol. The molecule has 0 spiro atoms. The van der Waals surface area contributed by atoms with Crippen LogP contribution < -0.4 is 0 Å². The zero-order chi connectivity index (χ0) is 14.1. The first kappa shape index (κ1) is 18.3. The molecule has 0 saturated carbocycles. The maximum absolute atomic E-state index is 14.1. The van der Waals surface area contributed by atoms with Crippen LogP contribution in [-0.4, -0.2) is 28.2 Å². The first-order valence-corrected chi connectivity index (χ1v) is 10.6. The minimum absolute atomic E-state index is 0.218. The van der Waals surface area contributed by atoms with Crippen molar-refractivity contribution in [1.29, 1.82) is 0 Å². The topological polar surface area (TPSA) is 44.8 Å². The van der Waals surface area contributed by atoms with Gasteiger partial charge in [0.15, 0.2) is 0 Å².